The molecule has 0 fully saturated rings. The molecule has 0 saturated carbocycles. The van der Waals surface area contributed by atoms with Crippen molar-refractivity contribution in [2.45, 2.75) is 12.6 Å². The maximum Gasteiger partial charge on any atom is 0.416 e. The summed E-state index contributed by atoms with van der Waals surface area (Å²) in [5, 5.41) is 13.3. The minimum absolute atomic E-state index is 0.214. The van der Waals surface area contributed by atoms with Crippen LogP contribution in [-0.2, 0) is 12.6 Å². The first-order valence-electron chi connectivity index (χ1n) is 9.03. The number of carbonyl (C=O) groups excluding carboxylic acids is 1. The summed E-state index contributed by atoms with van der Waals surface area (Å²) in [5.41, 5.74) is 1.69. The summed E-state index contributed by atoms with van der Waals surface area (Å²) < 4.78 is 38.4. The summed E-state index contributed by atoms with van der Waals surface area (Å²) in [6, 6.07) is 17.9. The van der Waals surface area contributed by atoms with Gasteiger partial charge in [0.05, 0.1) is 5.56 Å². The average molecular weight is 414 g/mol. The molecule has 30 heavy (non-hydrogen) atoms. The summed E-state index contributed by atoms with van der Waals surface area (Å²) in [4.78, 5) is 22.9. The summed E-state index contributed by atoms with van der Waals surface area (Å²) in [5.74, 6) is -0.433. The lowest BCUT2D eigenvalue weighted by molar-refractivity contribution is -0.479. The van der Waals surface area contributed by atoms with E-state index in [9.17, 15) is 28.1 Å². The Hall–Kier alpha value is -3.68. The highest BCUT2D eigenvalue weighted by molar-refractivity contribution is 6.08. The quantitative estimate of drug-likeness (QED) is 0.431. The summed E-state index contributed by atoms with van der Waals surface area (Å²) in [6.07, 6.45) is -4.20. The van der Waals surface area contributed by atoms with Crippen LogP contribution < -0.4 is 5.32 Å². The van der Waals surface area contributed by atoms with Gasteiger partial charge in [0, 0.05) is 22.6 Å². The third kappa shape index (κ3) is 5.22. The highest BCUT2D eigenvalue weighted by Crippen LogP contribution is 2.32. The number of nitrogens with zero attached hydrogens (tertiary/aromatic N) is 1. The molecular formula is C22H17F3N2O3. The molecular weight excluding hydrogens is 397 g/mol. The van der Waals surface area contributed by atoms with Crippen LogP contribution in [0.5, 0.6) is 0 Å². The molecule has 0 saturated heterocycles. The first-order chi connectivity index (χ1) is 14.2. The van der Waals surface area contributed by atoms with E-state index in [4.69, 9.17) is 0 Å². The molecule has 0 radical (unpaired) electrons. The third-order valence-electron chi connectivity index (χ3n) is 4.46. The number of nitro groups is 1. The van der Waals surface area contributed by atoms with E-state index >= 15 is 0 Å². The van der Waals surface area contributed by atoms with Crippen molar-refractivity contribution in [3.63, 3.8) is 0 Å². The largest absolute Gasteiger partial charge is 0.416 e. The van der Waals surface area contributed by atoms with Crippen molar-refractivity contribution in [2.75, 3.05) is 11.9 Å². The van der Waals surface area contributed by atoms with E-state index in [2.05, 4.69) is 5.32 Å². The normalized spacial score (nSPS) is 11.2. The van der Waals surface area contributed by atoms with Crippen LogP contribution in [0.25, 0.3) is 11.1 Å². The van der Waals surface area contributed by atoms with Gasteiger partial charge in [0.1, 0.15) is 0 Å². The fraction of sp³-hybridized carbons (Fsp3) is 0.136. The van der Waals surface area contributed by atoms with Gasteiger partial charge in [0.25, 0.3) is 5.91 Å². The van der Waals surface area contributed by atoms with Gasteiger partial charge in [0.15, 0.2) is 0 Å². The molecule has 0 spiro atoms. The Labute approximate surface area is 170 Å². The van der Waals surface area contributed by atoms with Gasteiger partial charge in [-0.05, 0) is 47.0 Å². The second-order valence-electron chi connectivity index (χ2n) is 6.58. The molecule has 1 amide bonds. The average Bonchev–Trinajstić information content (AvgIpc) is 2.72. The number of nitrogens with one attached hydrogen (secondary N) is 1. The van der Waals surface area contributed by atoms with Crippen molar-refractivity contribution in [2.24, 2.45) is 0 Å². The van der Waals surface area contributed by atoms with Gasteiger partial charge in [-0.3, -0.25) is 14.9 Å². The Morgan fingerprint density at radius 2 is 1.67 bits per heavy atom. The monoisotopic (exact) mass is 414 g/mol. The lowest BCUT2D eigenvalue weighted by Gasteiger charge is -2.12. The van der Waals surface area contributed by atoms with Crippen molar-refractivity contribution in [1.82, 2.24) is 0 Å². The molecule has 0 aromatic heterocycles. The van der Waals surface area contributed by atoms with Crippen LogP contribution in [0.1, 0.15) is 21.5 Å². The number of carbonyl (C=O) groups is 1. The van der Waals surface area contributed by atoms with E-state index in [0.29, 0.717) is 27.9 Å². The van der Waals surface area contributed by atoms with Crippen LogP contribution >= 0.6 is 0 Å². The summed E-state index contributed by atoms with van der Waals surface area (Å²) in [6.45, 7) is -0.214. The number of benzene rings is 3. The number of anilines is 1. The van der Waals surface area contributed by atoms with Gasteiger partial charge >= 0.3 is 6.18 Å². The number of amides is 1. The van der Waals surface area contributed by atoms with Crippen molar-refractivity contribution < 1.29 is 22.9 Å². The van der Waals surface area contributed by atoms with E-state index in [0.717, 1.165) is 12.1 Å². The maximum absolute atomic E-state index is 12.8. The van der Waals surface area contributed by atoms with Crippen LogP contribution in [0.4, 0.5) is 18.9 Å². The van der Waals surface area contributed by atoms with E-state index < -0.39 is 22.6 Å². The van der Waals surface area contributed by atoms with E-state index in [1.807, 2.05) is 0 Å². The number of hydrogen-bond acceptors (Lipinski definition) is 3. The second-order valence-corrected chi connectivity index (χ2v) is 6.58. The summed E-state index contributed by atoms with van der Waals surface area (Å²) >= 11 is 0. The predicted octanol–water partition coefficient (Wildman–Crippen LogP) is 5.44. The zero-order valence-electron chi connectivity index (χ0n) is 15.6. The number of halogens is 3. The molecule has 0 heterocycles. The lowest BCUT2D eigenvalue weighted by atomic mass is 9.98. The minimum atomic E-state index is -4.43. The molecule has 0 bridgehead atoms. The standard InChI is InChI=1S/C22H17F3N2O3/c23-22(24,25)17-10-8-16(9-11-17)19-6-1-2-7-20(19)21(28)26-18-5-3-4-15(14-18)12-13-27(29)30/h1-11,14H,12-13H2,(H,26,28). The number of rotatable bonds is 6. The smallest absolute Gasteiger partial charge is 0.322 e. The molecule has 0 aliphatic heterocycles. The Bertz CT molecular complexity index is 1060. The predicted molar refractivity (Wildman–Crippen MR) is 107 cm³/mol. The zero-order chi connectivity index (χ0) is 21.7. The molecule has 154 valence electrons. The first-order valence-corrected chi connectivity index (χ1v) is 9.03. The Morgan fingerprint density at radius 3 is 2.33 bits per heavy atom. The molecule has 0 aliphatic rings. The molecule has 3 aromatic carbocycles. The Kier molecular flexibility index (Phi) is 6.15. The molecule has 0 atom stereocenters. The molecule has 3 rings (SSSR count). The van der Waals surface area contributed by atoms with Crippen molar-refractivity contribution in [3.05, 3.63) is 99.6 Å². The third-order valence-corrected chi connectivity index (χ3v) is 4.46. The van der Waals surface area contributed by atoms with Gasteiger partial charge in [-0.2, -0.15) is 13.2 Å². The van der Waals surface area contributed by atoms with Gasteiger partial charge in [-0.1, -0.05) is 42.5 Å². The van der Waals surface area contributed by atoms with Crippen LogP contribution in [-0.4, -0.2) is 17.4 Å². The molecule has 0 aliphatic carbocycles. The second kappa shape index (κ2) is 8.77. The number of alkyl halides is 3. The van der Waals surface area contributed by atoms with Crippen molar-refractivity contribution in [1.29, 1.82) is 0 Å². The maximum atomic E-state index is 12.8. The summed E-state index contributed by atoms with van der Waals surface area (Å²) in [7, 11) is 0. The molecule has 0 unspecified atom stereocenters. The first kappa shape index (κ1) is 21.0. The lowest BCUT2D eigenvalue weighted by Crippen LogP contribution is -2.13. The van der Waals surface area contributed by atoms with Gasteiger partial charge in [-0.15, -0.1) is 0 Å². The van der Waals surface area contributed by atoms with Crippen LogP contribution in [0, 0.1) is 10.1 Å². The Balaban J connectivity index is 1.83. The van der Waals surface area contributed by atoms with E-state index in [1.165, 1.54) is 12.1 Å². The van der Waals surface area contributed by atoms with Crippen LogP contribution in [0.3, 0.4) is 0 Å². The molecule has 3 aromatic rings. The SMILES string of the molecule is O=C(Nc1cccc(CC[N+](=O)[O-])c1)c1ccccc1-c1ccc(C(F)(F)F)cc1. The zero-order valence-corrected chi connectivity index (χ0v) is 15.6. The fourth-order valence-corrected chi connectivity index (χ4v) is 3.00. The number of hydrogen-bond donors (Lipinski definition) is 1. The van der Waals surface area contributed by atoms with E-state index in [1.54, 1.807) is 48.5 Å². The highest BCUT2D eigenvalue weighted by atomic mass is 19.4. The molecule has 1 N–H and O–H groups in total. The van der Waals surface area contributed by atoms with Crippen LogP contribution in [0.15, 0.2) is 72.8 Å². The van der Waals surface area contributed by atoms with Crippen molar-refractivity contribution >= 4 is 11.6 Å². The van der Waals surface area contributed by atoms with Gasteiger partial charge in [-0.25, -0.2) is 0 Å². The minimum Gasteiger partial charge on any atom is -0.322 e. The highest BCUT2D eigenvalue weighted by Gasteiger charge is 2.30. The van der Waals surface area contributed by atoms with E-state index in [-0.39, 0.29) is 13.0 Å². The molecule has 5 nitrogen and oxygen atoms in total. The molecule has 8 heteroatoms. The van der Waals surface area contributed by atoms with Crippen molar-refractivity contribution in [3.8, 4) is 11.1 Å². The Morgan fingerprint density at radius 1 is 0.967 bits per heavy atom. The fourth-order valence-electron chi connectivity index (χ4n) is 3.00. The van der Waals surface area contributed by atoms with Crippen LogP contribution in [0.2, 0.25) is 0 Å². The van der Waals surface area contributed by atoms with Gasteiger partial charge < -0.3 is 5.32 Å². The topological polar surface area (TPSA) is 72.2 Å². The van der Waals surface area contributed by atoms with Gasteiger partial charge in [0.2, 0.25) is 6.54 Å².